The van der Waals surface area contributed by atoms with Crippen LogP contribution in [0.3, 0.4) is 0 Å². The Bertz CT molecular complexity index is 311. The van der Waals surface area contributed by atoms with E-state index in [0.717, 1.165) is 26.0 Å². The maximum Gasteiger partial charge on any atom is 0.220 e. The van der Waals surface area contributed by atoms with Gasteiger partial charge in [-0.1, -0.05) is 6.92 Å². The number of hydrogen-bond acceptors (Lipinski definition) is 4. The largest absolute Gasteiger partial charge is 0.373 e. The minimum absolute atomic E-state index is 0.140. The second kappa shape index (κ2) is 7.96. The monoisotopic (exact) mass is 283 g/mol. The molecule has 2 saturated heterocycles. The number of carbonyl (C=O) groups is 1. The lowest BCUT2D eigenvalue weighted by Gasteiger charge is -2.35. The highest BCUT2D eigenvalue weighted by atomic mass is 16.5. The summed E-state index contributed by atoms with van der Waals surface area (Å²) < 4.78 is 5.83. The van der Waals surface area contributed by atoms with Crippen molar-refractivity contribution in [1.29, 1.82) is 0 Å². The Morgan fingerprint density at radius 2 is 2.35 bits per heavy atom. The number of hydrogen-bond donors (Lipinski definition) is 2. The molecule has 3 unspecified atom stereocenters. The Morgan fingerprint density at radius 3 is 3.15 bits per heavy atom. The summed E-state index contributed by atoms with van der Waals surface area (Å²) in [6.07, 6.45) is 5.22. The molecule has 0 aromatic carbocycles. The molecule has 3 atom stereocenters. The van der Waals surface area contributed by atoms with Crippen molar-refractivity contribution in [2.24, 2.45) is 11.7 Å². The van der Waals surface area contributed by atoms with E-state index in [1.165, 1.54) is 19.4 Å². The van der Waals surface area contributed by atoms with Gasteiger partial charge >= 0.3 is 0 Å². The van der Waals surface area contributed by atoms with Crippen molar-refractivity contribution in [1.82, 2.24) is 10.2 Å². The molecule has 0 aliphatic carbocycles. The van der Waals surface area contributed by atoms with Crippen LogP contribution < -0.4 is 11.1 Å². The summed E-state index contributed by atoms with van der Waals surface area (Å²) in [4.78, 5) is 14.3. The van der Waals surface area contributed by atoms with E-state index in [0.29, 0.717) is 31.5 Å². The van der Waals surface area contributed by atoms with Crippen LogP contribution in [0.15, 0.2) is 0 Å². The number of amides is 1. The van der Waals surface area contributed by atoms with Crippen molar-refractivity contribution in [2.75, 3.05) is 32.8 Å². The van der Waals surface area contributed by atoms with Crippen molar-refractivity contribution in [3.05, 3.63) is 0 Å². The molecule has 0 saturated carbocycles. The van der Waals surface area contributed by atoms with Crippen molar-refractivity contribution < 1.29 is 9.53 Å². The lowest BCUT2D eigenvalue weighted by molar-refractivity contribution is -0.122. The van der Waals surface area contributed by atoms with Crippen LogP contribution in [-0.2, 0) is 9.53 Å². The highest BCUT2D eigenvalue weighted by Crippen LogP contribution is 2.22. The van der Waals surface area contributed by atoms with Crippen LogP contribution in [0.2, 0.25) is 0 Å². The van der Waals surface area contributed by atoms with Gasteiger partial charge in [0.15, 0.2) is 0 Å². The highest BCUT2D eigenvalue weighted by Gasteiger charge is 2.32. The van der Waals surface area contributed by atoms with Gasteiger partial charge in [0.2, 0.25) is 5.91 Å². The predicted molar refractivity (Wildman–Crippen MR) is 79.4 cm³/mol. The molecule has 3 N–H and O–H groups in total. The van der Waals surface area contributed by atoms with E-state index in [1.54, 1.807) is 0 Å². The molecular weight excluding hydrogens is 254 g/mol. The average Bonchev–Trinajstić information content (AvgIpc) is 2.90. The van der Waals surface area contributed by atoms with Gasteiger partial charge in [0.1, 0.15) is 0 Å². The van der Waals surface area contributed by atoms with Gasteiger partial charge in [-0.05, 0) is 44.7 Å². The predicted octanol–water partition coefficient (Wildman–Crippen LogP) is 0.731. The summed E-state index contributed by atoms with van der Waals surface area (Å²) in [6, 6.07) is 0.624. The number of nitrogens with one attached hydrogen (secondary N) is 1. The third-order valence-corrected chi connectivity index (χ3v) is 4.51. The summed E-state index contributed by atoms with van der Waals surface area (Å²) in [6.45, 7) is 6.48. The maximum absolute atomic E-state index is 11.8. The van der Waals surface area contributed by atoms with Crippen molar-refractivity contribution in [3.63, 3.8) is 0 Å². The molecule has 0 bridgehead atoms. The van der Waals surface area contributed by atoms with Crippen LogP contribution in [-0.4, -0.2) is 55.7 Å². The van der Waals surface area contributed by atoms with Crippen molar-refractivity contribution >= 4 is 5.91 Å². The second-order valence-electron chi connectivity index (χ2n) is 6.27. The fourth-order valence-corrected chi connectivity index (χ4v) is 3.13. The summed E-state index contributed by atoms with van der Waals surface area (Å²) in [5.74, 6) is 0.669. The number of nitrogens with zero attached hydrogens (tertiary/aromatic N) is 1. The molecule has 0 radical (unpaired) electrons. The number of nitrogens with two attached hydrogens (primary N) is 1. The number of morpholine rings is 1. The van der Waals surface area contributed by atoms with Gasteiger partial charge in [0, 0.05) is 25.6 Å². The van der Waals surface area contributed by atoms with Crippen LogP contribution in [0.4, 0.5) is 0 Å². The SMILES string of the molecule is CC(CCN)CCC(=O)NCC1CN2CCCC2CO1. The van der Waals surface area contributed by atoms with Gasteiger partial charge in [-0.3, -0.25) is 9.69 Å². The first-order chi connectivity index (χ1) is 9.69. The zero-order valence-corrected chi connectivity index (χ0v) is 12.6. The van der Waals surface area contributed by atoms with Gasteiger partial charge in [-0.15, -0.1) is 0 Å². The molecule has 2 rings (SSSR count). The Hall–Kier alpha value is -0.650. The van der Waals surface area contributed by atoms with Crippen molar-refractivity contribution in [3.8, 4) is 0 Å². The summed E-state index contributed by atoms with van der Waals surface area (Å²) in [5, 5.41) is 3.01. The minimum atomic E-state index is 0.140. The number of fused-ring (bicyclic) bond motifs is 1. The highest BCUT2D eigenvalue weighted by molar-refractivity contribution is 5.75. The van der Waals surface area contributed by atoms with Crippen LogP contribution in [0.5, 0.6) is 0 Å². The molecule has 2 aliphatic heterocycles. The Kier molecular flexibility index (Phi) is 6.26. The molecule has 5 nitrogen and oxygen atoms in total. The van der Waals surface area contributed by atoms with E-state index in [2.05, 4.69) is 17.1 Å². The smallest absolute Gasteiger partial charge is 0.220 e. The maximum atomic E-state index is 11.8. The Labute approximate surface area is 122 Å². The van der Waals surface area contributed by atoms with Crippen LogP contribution >= 0.6 is 0 Å². The molecule has 20 heavy (non-hydrogen) atoms. The van der Waals surface area contributed by atoms with Gasteiger partial charge in [-0.25, -0.2) is 0 Å². The average molecular weight is 283 g/mol. The topological polar surface area (TPSA) is 67.6 Å². The molecular formula is C15H29N3O2. The zero-order valence-electron chi connectivity index (χ0n) is 12.6. The standard InChI is InChI=1S/C15H29N3O2/c1-12(6-7-16)4-5-15(19)17-9-14-10-18-8-2-3-13(18)11-20-14/h12-14H,2-11,16H2,1H3,(H,17,19). The number of ether oxygens (including phenoxy) is 1. The van der Waals surface area contributed by atoms with E-state index >= 15 is 0 Å². The first-order valence-corrected chi connectivity index (χ1v) is 8.01. The van der Waals surface area contributed by atoms with E-state index in [9.17, 15) is 4.79 Å². The molecule has 5 heteroatoms. The fourth-order valence-electron chi connectivity index (χ4n) is 3.13. The van der Waals surface area contributed by atoms with Crippen LogP contribution in [0, 0.1) is 5.92 Å². The number of rotatable bonds is 7. The quantitative estimate of drug-likeness (QED) is 0.723. The third-order valence-electron chi connectivity index (χ3n) is 4.51. The fraction of sp³-hybridized carbons (Fsp3) is 0.933. The van der Waals surface area contributed by atoms with E-state index in [1.807, 2.05) is 0 Å². The molecule has 2 heterocycles. The molecule has 2 fully saturated rings. The second-order valence-corrected chi connectivity index (χ2v) is 6.27. The molecule has 1 amide bonds. The normalized spacial score (nSPS) is 28.1. The number of carbonyl (C=O) groups excluding carboxylic acids is 1. The molecule has 0 aromatic rings. The van der Waals surface area contributed by atoms with Crippen LogP contribution in [0.25, 0.3) is 0 Å². The van der Waals surface area contributed by atoms with Gasteiger partial charge in [0.25, 0.3) is 0 Å². The molecule has 0 spiro atoms. The third kappa shape index (κ3) is 4.72. The Morgan fingerprint density at radius 1 is 1.50 bits per heavy atom. The first-order valence-electron chi connectivity index (χ1n) is 8.01. The van der Waals surface area contributed by atoms with E-state index < -0.39 is 0 Å². The van der Waals surface area contributed by atoms with E-state index in [4.69, 9.17) is 10.5 Å². The zero-order chi connectivity index (χ0) is 14.4. The van der Waals surface area contributed by atoms with Gasteiger partial charge < -0.3 is 15.8 Å². The summed E-state index contributed by atoms with van der Waals surface area (Å²) in [7, 11) is 0. The van der Waals surface area contributed by atoms with Gasteiger partial charge in [-0.2, -0.15) is 0 Å². The summed E-state index contributed by atoms with van der Waals surface area (Å²) >= 11 is 0. The first kappa shape index (κ1) is 15.7. The molecule has 0 aromatic heterocycles. The van der Waals surface area contributed by atoms with Gasteiger partial charge in [0.05, 0.1) is 12.7 Å². The lowest BCUT2D eigenvalue weighted by atomic mass is 10.0. The minimum Gasteiger partial charge on any atom is -0.373 e. The lowest BCUT2D eigenvalue weighted by Crippen LogP contribution is -2.50. The van der Waals surface area contributed by atoms with E-state index in [-0.39, 0.29) is 12.0 Å². The van der Waals surface area contributed by atoms with Crippen molar-refractivity contribution in [2.45, 2.75) is 51.2 Å². The molecule has 2 aliphatic rings. The molecule has 116 valence electrons. The van der Waals surface area contributed by atoms with Crippen LogP contribution in [0.1, 0.15) is 39.0 Å². The Balaban J connectivity index is 1.59. The summed E-state index contributed by atoms with van der Waals surface area (Å²) in [5.41, 5.74) is 5.51.